The number of ether oxygens (including phenoxy) is 2. The second kappa shape index (κ2) is 11.8. The maximum atomic E-state index is 15.2. The summed E-state index contributed by atoms with van der Waals surface area (Å²) in [6.45, 7) is 2.13. The molecule has 5 rings (SSSR count). The van der Waals surface area contributed by atoms with Gasteiger partial charge < -0.3 is 29.9 Å². The molecule has 3 aromatic rings. The Balaban J connectivity index is 1.17. The van der Waals surface area contributed by atoms with E-state index in [2.05, 4.69) is 25.3 Å². The molecule has 0 bridgehead atoms. The van der Waals surface area contributed by atoms with Crippen LogP contribution in [-0.2, 0) is 14.3 Å². The Morgan fingerprint density at radius 2 is 1.88 bits per heavy atom. The first kappa shape index (κ1) is 28.5. The summed E-state index contributed by atoms with van der Waals surface area (Å²) in [6.07, 6.45) is 2.53. The number of aromatic nitrogens is 3. The quantitative estimate of drug-likeness (QED) is 0.416. The highest BCUT2D eigenvalue weighted by Gasteiger charge is 2.35. The van der Waals surface area contributed by atoms with E-state index in [9.17, 15) is 19.2 Å². The molecule has 0 spiro atoms. The lowest BCUT2D eigenvalue weighted by Crippen LogP contribution is -2.54. The number of nitrogens with one attached hydrogen (secondary N) is 2. The molecule has 4 heterocycles. The number of alkyl carbamates (subject to hydrolysis) is 1. The molecule has 2 fully saturated rings. The van der Waals surface area contributed by atoms with Gasteiger partial charge in [0.15, 0.2) is 11.6 Å². The van der Waals surface area contributed by atoms with Crippen molar-refractivity contribution in [3.63, 3.8) is 0 Å². The number of carbonyl (C=O) groups excluding carboxylic acids is 4. The van der Waals surface area contributed by atoms with Gasteiger partial charge in [-0.3, -0.25) is 18.9 Å². The Hall–Kier alpha value is -5.02. The number of hydrogen-bond acceptors (Lipinski definition) is 9. The molecular formula is C26H28F2N8O6. The molecule has 2 saturated heterocycles. The summed E-state index contributed by atoms with van der Waals surface area (Å²) in [6, 6.07) is 2.92. The van der Waals surface area contributed by atoms with E-state index in [1.807, 2.05) is 0 Å². The molecule has 1 aromatic carbocycles. The fourth-order valence-electron chi connectivity index (χ4n) is 4.81. The lowest BCUT2D eigenvalue weighted by Gasteiger charge is -2.37. The van der Waals surface area contributed by atoms with Crippen molar-refractivity contribution >= 4 is 41.2 Å². The monoisotopic (exact) mass is 586 g/mol. The summed E-state index contributed by atoms with van der Waals surface area (Å²) in [5.41, 5.74) is -0.189. The molecule has 0 aliphatic carbocycles. The summed E-state index contributed by atoms with van der Waals surface area (Å²) in [7, 11) is 1.19. The van der Waals surface area contributed by atoms with Gasteiger partial charge in [0.1, 0.15) is 23.5 Å². The van der Waals surface area contributed by atoms with Crippen molar-refractivity contribution < 1.29 is 37.4 Å². The van der Waals surface area contributed by atoms with Crippen LogP contribution in [0.2, 0.25) is 0 Å². The Bertz CT molecular complexity index is 1470. The molecule has 2 atom stereocenters. The third kappa shape index (κ3) is 5.87. The second-order valence-electron chi connectivity index (χ2n) is 9.71. The van der Waals surface area contributed by atoms with E-state index in [0.717, 1.165) is 17.0 Å². The van der Waals surface area contributed by atoms with Gasteiger partial charge in [-0.25, -0.2) is 28.3 Å². The number of anilines is 2. The first-order chi connectivity index (χ1) is 20.1. The first-order valence-electron chi connectivity index (χ1n) is 13.1. The van der Waals surface area contributed by atoms with Crippen molar-refractivity contribution in [3.8, 4) is 0 Å². The summed E-state index contributed by atoms with van der Waals surface area (Å²) in [4.78, 5) is 61.4. The molecule has 4 amide bonds. The van der Waals surface area contributed by atoms with Crippen LogP contribution in [-0.4, -0.2) is 102 Å². The van der Waals surface area contributed by atoms with Crippen LogP contribution in [0.25, 0.3) is 5.78 Å². The van der Waals surface area contributed by atoms with Gasteiger partial charge in [-0.05, 0) is 13.0 Å². The molecule has 222 valence electrons. The van der Waals surface area contributed by atoms with Gasteiger partial charge >= 0.3 is 12.2 Å². The lowest BCUT2D eigenvalue weighted by atomic mass is 10.1. The lowest BCUT2D eigenvalue weighted by molar-refractivity contribution is -0.133. The molecule has 0 radical (unpaired) electrons. The van der Waals surface area contributed by atoms with Crippen LogP contribution in [0.3, 0.4) is 0 Å². The van der Waals surface area contributed by atoms with Crippen molar-refractivity contribution in [2.75, 3.05) is 56.2 Å². The molecule has 16 heteroatoms. The topological polar surface area (TPSA) is 151 Å². The number of carbonyl (C=O) groups is 4. The molecule has 42 heavy (non-hydrogen) atoms. The number of methoxy groups -OCH3 is 1. The molecule has 0 unspecified atom stereocenters. The summed E-state index contributed by atoms with van der Waals surface area (Å²) < 4.78 is 41.5. The average Bonchev–Trinajstić information content (AvgIpc) is 3.59. The number of halogens is 2. The maximum Gasteiger partial charge on any atom is 0.414 e. The average molecular weight is 587 g/mol. The summed E-state index contributed by atoms with van der Waals surface area (Å²) in [5, 5.41) is 5.04. The fourth-order valence-corrected chi connectivity index (χ4v) is 4.81. The van der Waals surface area contributed by atoms with Crippen molar-refractivity contribution in [1.82, 2.24) is 29.9 Å². The van der Waals surface area contributed by atoms with E-state index < -0.39 is 41.9 Å². The smallest absolute Gasteiger partial charge is 0.414 e. The van der Waals surface area contributed by atoms with Gasteiger partial charge in [0.05, 0.1) is 25.9 Å². The van der Waals surface area contributed by atoms with E-state index in [1.165, 1.54) is 23.1 Å². The zero-order valence-corrected chi connectivity index (χ0v) is 22.8. The Kier molecular flexibility index (Phi) is 8.04. The van der Waals surface area contributed by atoms with Gasteiger partial charge in [-0.15, -0.1) is 0 Å². The molecule has 2 aromatic heterocycles. The van der Waals surface area contributed by atoms with Crippen LogP contribution in [0.4, 0.5) is 29.7 Å². The first-order valence-corrected chi connectivity index (χ1v) is 13.1. The molecular weight excluding hydrogens is 558 g/mol. The van der Waals surface area contributed by atoms with E-state index in [1.54, 1.807) is 29.8 Å². The predicted octanol–water partition coefficient (Wildman–Crippen LogP) is 1.16. The number of piperazine rings is 1. The van der Waals surface area contributed by atoms with Crippen molar-refractivity contribution in [2.45, 2.75) is 19.1 Å². The molecule has 2 aliphatic heterocycles. The number of benzene rings is 1. The van der Waals surface area contributed by atoms with Crippen molar-refractivity contribution in [2.24, 2.45) is 0 Å². The maximum absolute atomic E-state index is 15.2. The van der Waals surface area contributed by atoms with E-state index in [4.69, 9.17) is 4.74 Å². The van der Waals surface area contributed by atoms with Crippen LogP contribution in [0, 0.1) is 11.6 Å². The highest BCUT2D eigenvalue weighted by Crippen LogP contribution is 2.31. The minimum atomic E-state index is -0.878. The second-order valence-corrected chi connectivity index (χ2v) is 9.71. The zero-order chi connectivity index (χ0) is 30.0. The third-order valence-electron chi connectivity index (χ3n) is 6.94. The van der Waals surface area contributed by atoms with Gasteiger partial charge in [0.25, 0.3) is 5.91 Å². The van der Waals surface area contributed by atoms with E-state index in [-0.39, 0.29) is 62.2 Å². The number of imidazole rings is 1. The highest BCUT2D eigenvalue weighted by molar-refractivity contribution is 5.96. The molecule has 2 N–H and O–H groups in total. The fraction of sp³-hybridized carbons (Fsp3) is 0.385. The minimum absolute atomic E-state index is 0.0232. The highest BCUT2D eigenvalue weighted by atomic mass is 19.1. The van der Waals surface area contributed by atoms with Crippen LogP contribution in [0.15, 0.2) is 36.8 Å². The van der Waals surface area contributed by atoms with Crippen LogP contribution >= 0.6 is 0 Å². The number of fused-ring (bicyclic) bond motifs is 1. The standard InChI is InChI=1S/C26H28F2N8O6/c1-15(31-22(37)20-14-35-5-3-4-29-24(35)32-20)23(38)34-8-6-33(7-9-34)21-18(27)10-16(11-19(21)28)36-13-17(42-26(36)40)12-30-25(39)41-2/h3-5,10-11,14-15,17H,6-9,12-13H2,1-2H3,(H,30,39)(H,31,37)/t15-,17+/m1/s1. The minimum Gasteiger partial charge on any atom is -0.453 e. The number of rotatable bonds is 7. The van der Waals surface area contributed by atoms with Crippen molar-refractivity contribution in [1.29, 1.82) is 0 Å². The molecule has 14 nitrogen and oxygen atoms in total. The Morgan fingerprint density at radius 3 is 2.55 bits per heavy atom. The van der Waals surface area contributed by atoms with Crippen LogP contribution in [0.1, 0.15) is 17.4 Å². The molecule has 2 aliphatic rings. The number of cyclic esters (lactones) is 1. The normalized spacial score (nSPS) is 17.7. The number of amides is 4. The van der Waals surface area contributed by atoms with Gasteiger partial charge in [-0.1, -0.05) is 0 Å². The largest absolute Gasteiger partial charge is 0.453 e. The third-order valence-corrected chi connectivity index (χ3v) is 6.94. The van der Waals surface area contributed by atoms with Crippen LogP contribution in [0.5, 0.6) is 0 Å². The van der Waals surface area contributed by atoms with E-state index >= 15 is 8.78 Å². The van der Waals surface area contributed by atoms with Gasteiger partial charge in [0, 0.05) is 56.9 Å². The molecule has 0 saturated carbocycles. The summed E-state index contributed by atoms with van der Waals surface area (Å²) >= 11 is 0. The van der Waals surface area contributed by atoms with E-state index in [0.29, 0.717) is 5.78 Å². The Morgan fingerprint density at radius 1 is 1.17 bits per heavy atom. The van der Waals surface area contributed by atoms with Crippen LogP contribution < -0.4 is 20.4 Å². The number of hydrogen-bond donors (Lipinski definition) is 2. The number of nitrogens with zero attached hydrogens (tertiary/aromatic N) is 6. The zero-order valence-electron chi connectivity index (χ0n) is 22.8. The van der Waals surface area contributed by atoms with Crippen molar-refractivity contribution in [3.05, 3.63) is 54.1 Å². The SMILES string of the molecule is COC(=O)NC[C@H]1CN(c2cc(F)c(N3CCN(C(=O)[C@@H](C)NC(=O)c4cn5cccnc5n4)CC3)c(F)c2)C(=O)O1. The predicted molar refractivity (Wildman–Crippen MR) is 143 cm³/mol. The summed E-state index contributed by atoms with van der Waals surface area (Å²) in [5.74, 6) is -2.28. The Labute approximate surface area is 238 Å². The van der Waals surface area contributed by atoms with Gasteiger partial charge in [0.2, 0.25) is 11.7 Å². The van der Waals surface area contributed by atoms with Gasteiger partial charge in [-0.2, -0.15) is 0 Å².